The largest absolute Gasteiger partial charge is 0.418 e. The molecule has 0 saturated carbocycles. The zero-order chi connectivity index (χ0) is 14.7. The minimum atomic E-state index is -4.78. The van der Waals surface area contributed by atoms with Gasteiger partial charge in [-0.25, -0.2) is 4.79 Å². The molecule has 11 heteroatoms. The fourth-order valence-corrected chi connectivity index (χ4v) is 3.15. The quantitative estimate of drug-likeness (QED) is 0.681. The molecule has 2 amide bonds. The van der Waals surface area contributed by atoms with E-state index in [2.05, 4.69) is 9.38 Å². The van der Waals surface area contributed by atoms with E-state index in [1.807, 2.05) is 0 Å². The average molecular weight is 303 g/mol. The predicted octanol–water partition coefficient (Wildman–Crippen LogP) is -1.05. The van der Waals surface area contributed by atoms with Crippen LogP contribution in [0.3, 0.4) is 0 Å². The van der Waals surface area contributed by atoms with Crippen LogP contribution in [0.25, 0.3) is 0 Å². The Balaban J connectivity index is 2.08. The summed E-state index contributed by atoms with van der Waals surface area (Å²) in [6, 6.07) is -1.70. The zero-order valence-electron chi connectivity index (χ0n) is 10.5. The van der Waals surface area contributed by atoms with E-state index in [0.717, 1.165) is 5.69 Å². The highest BCUT2D eigenvalue weighted by Gasteiger charge is 2.51. The van der Waals surface area contributed by atoms with Gasteiger partial charge in [-0.2, -0.15) is 18.6 Å². The minimum Gasteiger partial charge on any atom is -0.328 e. The van der Waals surface area contributed by atoms with Gasteiger partial charge in [-0.1, -0.05) is 0 Å². The zero-order valence-corrected chi connectivity index (χ0v) is 11.3. The van der Waals surface area contributed by atoms with Gasteiger partial charge in [0.15, 0.2) is 0 Å². The third kappa shape index (κ3) is 1.78. The Hall–Kier alpha value is -1.69. The lowest BCUT2D eigenvalue weighted by molar-refractivity contribution is -0.0317. The summed E-state index contributed by atoms with van der Waals surface area (Å²) in [6.07, 6.45) is 1.54. The van der Waals surface area contributed by atoms with Gasteiger partial charge in [0.25, 0.3) is 0 Å². The fraction of sp³-hybridized carbons (Fsp3) is 0.556. The van der Waals surface area contributed by atoms with Crippen molar-refractivity contribution in [3.05, 3.63) is 17.5 Å². The van der Waals surface area contributed by atoms with Gasteiger partial charge in [-0.3, -0.25) is 9.23 Å². The van der Waals surface area contributed by atoms with Crippen LogP contribution in [0.4, 0.5) is 4.79 Å². The third-order valence-electron chi connectivity index (χ3n) is 3.55. The highest BCUT2D eigenvalue weighted by Crippen LogP contribution is 2.43. The van der Waals surface area contributed by atoms with Crippen molar-refractivity contribution in [3.63, 3.8) is 0 Å². The normalized spacial score (nSPS) is 25.2. The summed E-state index contributed by atoms with van der Waals surface area (Å²) >= 11 is 0. The predicted molar refractivity (Wildman–Crippen MR) is 64.3 cm³/mol. The number of amides is 2. The second kappa shape index (κ2) is 4.15. The van der Waals surface area contributed by atoms with E-state index in [1.165, 1.54) is 4.90 Å². The number of nitrogens with two attached hydrogens (primary N) is 1. The summed E-state index contributed by atoms with van der Waals surface area (Å²) in [6.45, 7) is 0.402. The number of carbonyl (C=O) groups is 1. The second-order valence-corrected chi connectivity index (χ2v) is 5.64. The molecule has 1 saturated heterocycles. The maximum Gasteiger partial charge on any atom is 0.418 e. The first-order chi connectivity index (χ1) is 9.33. The third-order valence-corrected chi connectivity index (χ3v) is 3.90. The van der Waals surface area contributed by atoms with Crippen LogP contribution in [-0.2, 0) is 21.7 Å². The lowest BCUT2D eigenvalue weighted by atomic mass is 9.98. The highest BCUT2D eigenvalue weighted by molar-refractivity contribution is 7.80. The minimum absolute atomic E-state index is 0.171. The fourth-order valence-electron chi connectivity index (χ4n) is 2.78. The van der Waals surface area contributed by atoms with Gasteiger partial charge in [-0.05, 0) is 0 Å². The van der Waals surface area contributed by atoms with E-state index in [0.29, 0.717) is 10.6 Å². The molecular weight excluding hydrogens is 290 g/mol. The summed E-state index contributed by atoms with van der Waals surface area (Å²) < 4.78 is 36.5. The van der Waals surface area contributed by atoms with E-state index in [1.54, 1.807) is 17.9 Å². The molecule has 1 fully saturated rings. The summed E-state index contributed by atoms with van der Waals surface area (Å²) in [4.78, 5) is 13.6. The number of nitrogens with zero attached hydrogens (tertiary/aromatic N) is 4. The van der Waals surface area contributed by atoms with Gasteiger partial charge in [0.05, 0.1) is 24.5 Å². The van der Waals surface area contributed by atoms with Crippen LogP contribution in [-0.4, -0.2) is 51.8 Å². The number of rotatable bonds is 3. The molecule has 2 atom stereocenters. The van der Waals surface area contributed by atoms with Gasteiger partial charge in [-0.15, -0.1) is 4.28 Å². The Morgan fingerprint density at radius 3 is 2.90 bits per heavy atom. The first-order valence-corrected chi connectivity index (χ1v) is 7.18. The Kier molecular flexibility index (Phi) is 2.76. The molecule has 3 rings (SSSR count). The van der Waals surface area contributed by atoms with Crippen LogP contribution in [0, 0.1) is 0 Å². The summed E-state index contributed by atoms with van der Waals surface area (Å²) in [5, 5.41) is 4.74. The number of aromatic nitrogens is 2. The van der Waals surface area contributed by atoms with Crippen molar-refractivity contribution >= 4 is 16.4 Å². The number of hydrogen-bond donors (Lipinski definition) is 2. The van der Waals surface area contributed by atoms with Crippen molar-refractivity contribution in [2.24, 2.45) is 12.8 Å². The maximum atomic E-state index is 12.2. The summed E-state index contributed by atoms with van der Waals surface area (Å²) in [5.41, 5.74) is 7.10. The molecule has 0 unspecified atom stereocenters. The van der Waals surface area contributed by atoms with Crippen LogP contribution in [0.15, 0.2) is 6.20 Å². The van der Waals surface area contributed by atoms with Crippen LogP contribution in [0.1, 0.15) is 23.3 Å². The summed E-state index contributed by atoms with van der Waals surface area (Å²) in [5.74, 6) is 0. The van der Waals surface area contributed by atoms with Gasteiger partial charge < -0.3 is 10.6 Å². The Morgan fingerprint density at radius 2 is 2.30 bits per heavy atom. The molecule has 1 aromatic rings. The van der Waals surface area contributed by atoms with Gasteiger partial charge in [0, 0.05) is 19.2 Å². The van der Waals surface area contributed by atoms with E-state index in [9.17, 15) is 13.2 Å². The van der Waals surface area contributed by atoms with Crippen molar-refractivity contribution < 1.29 is 22.0 Å². The Morgan fingerprint density at radius 1 is 1.60 bits per heavy atom. The highest BCUT2D eigenvalue weighted by atomic mass is 32.3. The molecule has 2 aliphatic heterocycles. The van der Waals surface area contributed by atoms with Crippen molar-refractivity contribution in [2.75, 3.05) is 13.1 Å². The van der Waals surface area contributed by atoms with E-state index in [4.69, 9.17) is 10.3 Å². The molecule has 2 aliphatic rings. The van der Waals surface area contributed by atoms with Gasteiger partial charge in [0.2, 0.25) is 0 Å². The summed E-state index contributed by atoms with van der Waals surface area (Å²) in [7, 11) is -3.06. The molecule has 0 aliphatic carbocycles. The molecule has 3 heterocycles. The topological polar surface area (TPSA) is 131 Å². The standard InChI is InChI=1S/C9H13N5O5S/c1-12-8-5(3-11-12)7-4-13(6(8)2-10)9(15)14(7)19-20(16,17)18/h3,6-7H,2,4,10H2,1H3,(H,16,17,18)/t6-,7-/m1/s1. The lowest BCUT2D eigenvalue weighted by Gasteiger charge is -2.30. The van der Waals surface area contributed by atoms with Crippen molar-refractivity contribution in [3.8, 4) is 0 Å². The van der Waals surface area contributed by atoms with E-state index >= 15 is 0 Å². The first-order valence-electron chi connectivity index (χ1n) is 5.82. The molecular formula is C9H13N5O5S. The molecule has 2 bridgehead atoms. The van der Waals surface area contributed by atoms with Crippen LogP contribution < -0.4 is 5.73 Å². The van der Waals surface area contributed by atoms with Gasteiger partial charge in [0.1, 0.15) is 6.04 Å². The van der Waals surface area contributed by atoms with E-state index < -0.39 is 28.5 Å². The number of aryl methyl sites for hydroxylation is 1. The van der Waals surface area contributed by atoms with Crippen molar-refractivity contribution in [1.82, 2.24) is 19.7 Å². The molecule has 0 radical (unpaired) electrons. The van der Waals surface area contributed by atoms with Crippen molar-refractivity contribution in [2.45, 2.75) is 12.1 Å². The first kappa shape index (κ1) is 13.3. The molecule has 0 spiro atoms. The van der Waals surface area contributed by atoms with Gasteiger partial charge >= 0.3 is 16.4 Å². The molecule has 110 valence electrons. The number of hydroxylamine groups is 2. The second-order valence-electron chi connectivity index (χ2n) is 4.64. The maximum absolute atomic E-state index is 12.2. The lowest BCUT2D eigenvalue weighted by Crippen LogP contribution is -2.39. The Labute approximate surface area is 114 Å². The van der Waals surface area contributed by atoms with Crippen LogP contribution in [0.5, 0.6) is 0 Å². The number of fused-ring (bicyclic) bond motifs is 4. The number of hydrogen-bond acceptors (Lipinski definition) is 6. The Bertz CT molecular complexity index is 670. The van der Waals surface area contributed by atoms with Crippen LogP contribution in [0.2, 0.25) is 0 Å². The molecule has 20 heavy (non-hydrogen) atoms. The molecule has 10 nitrogen and oxygen atoms in total. The number of carbonyl (C=O) groups excluding carboxylic acids is 1. The smallest absolute Gasteiger partial charge is 0.328 e. The van der Waals surface area contributed by atoms with E-state index in [-0.39, 0.29) is 13.1 Å². The molecule has 1 aromatic heterocycles. The van der Waals surface area contributed by atoms with Crippen LogP contribution >= 0.6 is 0 Å². The SMILES string of the molecule is Cn1ncc2c1[C@@H](CN)N1C[C@H]2N(OS(=O)(=O)O)C1=O. The van der Waals surface area contributed by atoms with Crippen molar-refractivity contribution in [1.29, 1.82) is 0 Å². The average Bonchev–Trinajstić information content (AvgIpc) is 2.85. The molecule has 0 aromatic carbocycles. The number of urea groups is 1. The molecule has 3 N–H and O–H groups in total. The monoisotopic (exact) mass is 303 g/mol.